The third-order valence-electron chi connectivity index (χ3n) is 2.42. The van der Waals surface area contributed by atoms with E-state index in [9.17, 15) is 0 Å². The molecule has 3 radical (unpaired) electrons. The highest BCUT2D eigenvalue weighted by molar-refractivity contribution is 6.30. The van der Waals surface area contributed by atoms with Gasteiger partial charge in [0.05, 0.1) is 0 Å². The van der Waals surface area contributed by atoms with Crippen LogP contribution in [-0.2, 0) is 0 Å². The van der Waals surface area contributed by atoms with Crippen LogP contribution < -0.4 is 5.32 Å². The third kappa shape index (κ3) is 1.43. The van der Waals surface area contributed by atoms with Gasteiger partial charge < -0.3 is 0 Å². The van der Waals surface area contributed by atoms with Gasteiger partial charge in [-0.15, -0.1) is 0 Å². The van der Waals surface area contributed by atoms with E-state index in [1.165, 1.54) is 0 Å². The maximum Gasteiger partial charge on any atom is 0.163 e. The molecule has 0 N–H and O–H groups in total. The van der Waals surface area contributed by atoms with E-state index in [1.54, 1.807) is 6.20 Å². The zero-order valence-electron chi connectivity index (χ0n) is 8.46. The SMILES string of the molecule is [Si]c1cnc2c(ccn2-c2ccccc2)n1. The lowest BCUT2D eigenvalue weighted by Gasteiger charge is -2.03. The first-order valence-corrected chi connectivity index (χ1v) is 5.46. The van der Waals surface area contributed by atoms with Crippen molar-refractivity contribution in [1.29, 1.82) is 0 Å². The van der Waals surface area contributed by atoms with Crippen LogP contribution in [0.2, 0.25) is 0 Å². The molecular weight excluding hydrogens is 214 g/mol. The van der Waals surface area contributed by atoms with Gasteiger partial charge in [-0.3, -0.25) is 9.55 Å². The molecule has 1 aromatic carbocycles. The van der Waals surface area contributed by atoms with Crippen LogP contribution in [0.1, 0.15) is 0 Å². The molecule has 0 spiro atoms. The second-order valence-electron chi connectivity index (χ2n) is 3.49. The lowest BCUT2D eigenvalue weighted by atomic mass is 10.3. The van der Waals surface area contributed by atoms with Crippen LogP contribution in [0.25, 0.3) is 16.9 Å². The van der Waals surface area contributed by atoms with Crippen LogP contribution >= 0.6 is 0 Å². The first-order valence-electron chi connectivity index (χ1n) is 4.96. The van der Waals surface area contributed by atoms with Crippen molar-refractivity contribution in [1.82, 2.24) is 14.5 Å². The van der Waals surface area contributed by atoms with Gasteiger partial charge in [-0.25, -0.2) is 4.98 Å². The van der Waals surface area contributed by atoms with Crippen molar-refractivity contribution in [3.8, 4) is 5.69 Å². The fourth-order valence-corrected chi connectivity index (χ4v) is 1.89. The van der Waals surface area contributed by atoms with Crippen molar-refractivity contribution in [2.75, 3.05) is 0 Å². The normalized spacial score (nSPS) is 10.8. The van der Waals surface area contributed by atoms with Gasteiger partial charge in [-0.1, -0.05) is 18.2 Å². The number of rotatable bonds is 1. The maximum absolute atomic E-state index is 4.37. The van der Waals surface area contributed by atoms with Crippen LogP contribution in [0.5, 0.6) is 0 Å². The quantitative estimate of drug-likeness (QED) is 0.579. The molecule has 0 saturated heterocycles. The summed E-state index contributed by atoms with van der Waals surface area (Å²) in [7, 11) is 3.37. The summed E-state index contributed by atoms with van der Waals surface area (Å²) in [6, 6.07) is 12.1. The van der Waals surface area contributed by atoms with Crippen molar-refractivity contribution in [3.63, 3.8) is 0 Å². The van der Waals surface area contributed by atoms with Gasteiger partial charge in [0.25, 0.3) is 0 Å². The van der Waals surface area contributed by atoms with E-state index in [-0.39, 0.29) is 0 Å². The van der Waals surface area contributed by atoms with Crippen molar-refractivity contribution >= 4 is 26.7 Å². The number of hydrogen-bond acceptors (Lipinski definition) is 2. The molecule has 2 heterocycles. The van der Waals surface area contributed by atoms with Crippen molar-refractivity contribution in [2.24, 2.45) is 0 Å². The Morgan fingerprint density at radius 3 is 2.69 bits per heavy atom. The summed E-state index contributed by atoms with van der Waals surface area (Å²) < 4.78 is 2.02. The summed E-state index contributed by atoms with van der Waals surface area (Å²) in [4.78, 5) is 8.72. The summed E-state index contributed by atoms with van der Waals surface area (Å²) in [5.74, 6) is 0. The van der Waals surface area contributed by atoms with Gasteiger partial charge in [-0.05, 0) is 18.2 Å². The number of aromatic nitrogens is 3. The molecule has 0 saturated carbocycles. The highest BCUT2D eigenvalue weighted by Gasteiger charge is 2.04. The molecule has 0 aliphatic heterocycles. The van der Waals surface area contributed by atoms with Crippen LogP contribution in [0.3, 0.4) is 0 Å². The van der Waals surface area contributed by atoms with Crippen LogP contribution in [0.4, 0.5) is 0 Å². The van der Waals surface area contributed by atoms with E-state index < -0.39 is 0 Å². The van der Waals surface area contributed by atoms with E-state index in [0.29, 0.717) is 0 Å². The van der Waals surface area contributed by atoms with Crippen LogP contribution in [0, 0.1) is 0 Å². The second-order valence-corrected chi connectivity index (χ2v) is 4.00. The largest absolute Gasteiger partial charge is 0.300 e. The Labute approximate surface area is 96.2 Å². The number of fused-ring (bicyclic) bond motifs is 1. The lowest BCUT2D eigenvalue weighted by Crippen LogP contribution is -2.08. The number of para-hydroxylation sites is 1. The molecule has 0 aliphatic rings. The summed E-state index contributed by atoms with van der Waals surface area (Å²) >= 11 is 0. The minimum absolute atomic E-state index is 0.748. The first-order chi connectivity index (χ1) is 7.84. The fraction of sp³-hybridized carbons (Fsp3) is 0. The molecule has 0 fully saturated rings. The summed E-state index contributed by atoms with van der Waals surface area (Å²) in [5.41, 5.74) is 2.85. The highest BCUT2D eigenvalue weighted by Crippen LogP contribution is 2.15. The monoisotopic (exact) mass is 222 g/mol. The molecule has 3 aromatic rings. The molecule has 2 aromatic heterocycles. The Bertz CT molecular complexity index is 631. The Morgan fingerprint density at radius 2 is 1.88 bits per heavy atom. The molecule has 3 nitrogen and oxygen atoms in total. The van der Waals surface area contributed by atoms with Crippen molar-refractivity contribution in [3.05, 3.63) is 48.8 Å². The topological polar surface area (TPSA) is 30.7 Å². The Morgan fingerprint density at radius 1 is 1.06 bits per heavy atom. The Balaban J connectivity index is 2.26. The summed E-state index contributed by atoms with van der Waals surface area (Å²) in [5, 5.41) is 0.748. The molecule has 0 unspecified atom stereocenters. The summed E-state index contributed by atoms with van der Waals surface area (Å²) in [6.07, 6.45) is 3.68. The zero-order valence-corrected chi connectivity index (χ0v) is 9.46. The minimum Gasteiger partial charge on any atom is -0.300 e. The van der Waals surface area contributed by atoms with Gasteiger partial charge in [0.1, 0.15) is 15.8 Å². The van der Waals surface area contributed by atoms with Gasteiger partial charge >= 0.3 is 0 Å². The standard InChI is InChI=1S/C12H8N3Si/c16-11-8-13-12-10(14-11)6-7-15(12)9-4-2-1-3-5-9/h1-8H. The molecule has 0 atom stereocenters. The van der Waals surface area contributed by atoms with E-state index in [2.05, 4.69) is 20.2 Å². The minimum atomic E-state index is 0.748. The molecule has 75 valence electrons. The maximum atomic E-state index is 4.37. The molecule has 0 amide bonds. The first kappa shape index (κ1) is 9.29. The summed E-state index contributed by atoms with van der Waals surface area (Å²) in [6.45, 7) is 0. The molecule has 0 bridgehead atoms. The smallest absolute Gasteiger partial charge is 0.163 e. The number of benzene rings is 1. The molecule has 3 rings (SSSR count). The van der Waals surface area contributed by atoms with E-state index in [4.69, 9.17) is 0 Å². The average molecular weight is 222 g/mol. The fourth-order valence-electron chi connectivity index (χ4n) is 1.71. The molecular formula is C12H8N3Si. The predicted molar refractivity (Wildman–Crippen MR) is 64.3 cm³/mol. The van der Waals surface area contributed by atoms with Gasteiger partial charge in [0.2, 0.25) is 0 Å². The van der Waals surface area contributed by atoms with Crippen molar-refractivity contribution in [2.45, 2.75) is 0 Å². The van der Waals surface area contributed by atoms with E-state index in [1.807, 2.05) is 47.2 Å². The van der Waals surface area contributed by atoms with E-state index >= 15 is 0 Å². The number of hydrogen-bond donors (Lipinski definition) is 0. The lowest BCUT2D eigenvalue weighted by molar-refractivity contribution is 1.09. The van der Waals surface area contributed by atoms with E-state index in [0.717, 1.165) is 22.2 Å². The number of nitrogens with zero attached hydrogens (tertiary/aromatic N) is 3. The van der Waals surface area contributed by atoms with Crippen LogP contribution in [-0.4, -0.2) is 24.8 Å². The average Bonchev–Trinajstić information content (AvgIpc) is 2.73. The van der Waals surface area contributed by atoms with Crippen molar-refractivity contribution < 1.29 is 0 Å². The second kappa shape index (κ2) is 3.57. The van der Waals surface area contributed by atoms with Gasteiger partial charge in [0, 0.05) is 23.4 Å². The predicted octanol–water partition coefficient (Wildman–Crippen LogP) is 1.21. The highest BCUT2D eigenvalue weighted by atomic mass is 28.1. The van der Waals surface area contributed by atoms with Crippen LogP contribution in [0.15, 0.2) is 48.8 Å². The Hall–Kier alpha value is -1.94. The van der Waals surface area contributed by atoms with Gasteiger partial charge in [-0.2, -0.15) is 0 Å². The third-order valence-corrected chi connectivity index (χ3v) is 2.66. The molecule has 16 heavy (non-hydrogen) atoms. The molecule has 4 heteroatoms. The Kier molecular flexibility index (Phi) is 2.07. The van der Waals surface area contributed by atoms with Gasteiger partial charge in [0.15, 0.2) is 5.65 Å². The molecule has 0 aliphatic carbocycles. The zero-order chi connectivity index (χ0) is 11.0.